The Morgan fingerprint density at radius 3 is 2.67 bits per heavy atom. The molecule has 0 fully saturated rings. The molecule has 0 unspecified atom stereocenters. The van der Waals surface area contributed by atoms with Crippen LogP contribution in [-0.2, 0) is 16.4 Å². The van der Waals surface area contributed by atoms with Gasteiger partial charge in [-0.15, -0.1) is 0 Å². The summed E-state index contributed by atoms with van der Waals surface area (Å²) in [5.41, 5.74) is 2.68. The molecule has 0 aromatic heterocycles. The number of nitrogens with one attached hydrogen (secondary N) is 2. The monoisotopic (exact) mass is 389 g/mol. The van der Waals surface area contributed by atoms with Gasteiger partial charge in [-0.05, 0) is 50.1 Å². The fourth-order valence-electron chi connectivity index (χ4n) is 3.01. The smallest absolute Gasteiger partial charge is 0.323 e. The average Bonchev–Trinajstić information content (AvgIpc) is 3.07. The Balaban J connectivity index is 1.76. The molecule has 8 heteroatoms. The lowest BCUT2D eigenvalue weighted by Crippen LogP contribution is -2.30. The molecule has 144 valence electrons. The van der Waals surface area contributed by atoms with Gasteiger partial charge in [0, 0.05) is 12.2 Å². The molecule has 0 bridgehead atoms. The normalized spacial score (nSPS) is 13.2. The fraction of sp³-hybridized carbons (Fsp3) is 0.316. The average molecular weight is 389 g/mol. The van der Waals surface area contributed by atoms with Crippen molar-refractivity contribution in [1.29, 1.82) is 0 Å². The van der Waals surface area contributed by atoms with Gasteiger partial charge >= 0.3 is 6.03 Å². The Hall–Kier alpha value is -2.74. The number of anilines is 3. The van der Waals surface area contributed by atoms with Gasteiger partial charge in [0.05, 0.1) is 23.7 Å². The van der Waals surface area contributed by atoms with Crippen LogP contribution in [0, 0.1) is 0 Å². The first-order chi connectivity index (χ1) is 12.9. The molecule has 2 aromatic carbocycles. The largest absolute Gasteiger partial charge is 0.492 e. The lowest BCUT2D eigenvalue weighted by atomic mass is 10.1. The van der Waals surface area contributed by atoms with E-state index in [4.69, 9.17) is 4.74 Å². The van der Waals surface area contributed by atoms with E-state index >= 15 is 0 Å². The number of sulfonamides is 1. The molecule has 0 spiro atoms. The van der Waals surface area contributed by atoms with Gasteiger partial charge in [-0.1, -0.05) is 18.2 Å². The number of nitrogens with zero attached hydrogens (tertiary/aromatic N) is 1. The SMILES string of the molecule is CCOc1ccccc1NC(=O)Nc1ccc2c(c1)N(S(=O)(=O)CC)CC2. The number of fused-ring (bicyclic) bond motifs is 1. The van der Waals surface area contributed by atoms with Crippen molar-refractivity contribution in [2.24, 2.45) is 0 Å². The molecule has 27 heavy (non-hydrogen) atoms. The highest BCUT2D eigenvalue weighted by Gasteiger charge is 2.28. The molecule has 3 rings (SSSR count). The standard InChI is InChI=1S/C19H23N3O4S/c1-3-26-18-8-6-5-7-16(18)21-19(23)20-15-10-9-14-11-12-22(17(14)13-15)27(24,25)4-2/h5-10,13H,3-4,11-12H2,1-2H3,(H2,20,21,23). The Morgan fingerprint density at radius 2 is 1.93 bits per heavy atom. The van der Waals surface area contributed by atoms with E-state index < -0.39 is 16.1 Å². The van der Waals surface area contributed by atoms with Crippen molar-refractivity contribution in [3.63, 3.8) is 0 Å². The highest BCUT2D eigenvalue weighted by atomic mass is 32.2. The molecular formula is C19H23N3O4S. The third-order valence-corrected chi connectivity index (χ3v) is 6.11. The van der Waals surface area contributed by atoms with Gasteiger partial charge in [0.25, 0.3) is 0 Å². The lowest BCUT2D eigenvalue weighted by molar-refractivity contribution is 0.262. The summed E-state index contributed by atoms with van der Waals surface area (Å²) >= 11 is 0. The first kappa shape index (κ1) is 19.0. The van der Waals surface area contributed by atoms with Crippen molar-refractivity contribution in [3.8, 4) is 5.75 Å². The zero-order valence-corrected chi connectivity index (χ0v) is 16.2. The highest BCUT2D eigenvalue weighted by molar-refractivity contribution is 7.92. The minimum absolute atomic E-state index is 0.0405. The predicted octanol–water partition coefficient (Wildman–Crippen LogP) is 3.44. The van der Waals surface area contributed by atoms with Gasteiger partial charge in [-0.2, -0.15) is 0 Å². The second-order valence-corrected chi connectivity index (χ2v) is 8.26. The Morgan fingerprint density at radius 1 is 1.15 bits per heavy atom. The summed E-state index contributed by atoms with van der Waals surface area (Å²) in [5.74, 6) is 0.628. The second kappa shape index (κ2) is 7.87. The Bertz CT molecular complexity index is 944. The number of amides is 2. The van der Waals surface area contributed by atoms with E-state index in [0.717, 1.165) is 5.56 Å². The van der Waals surface area contributed by atoms with Crippen LogP contribution in [0.3, 0.4) is 0 Å². The number of benzene rings is 2. The molecule has 2 N–H and O–H groups in total. The number of urea groups is 1. The number of para-hydroxylation sites is 2. The van der Waals surface area contributed by atoms with Crippen LogP contribution in [0.25, 0.3) is 0 Å². The van der Waals surface area contributed by atoms with Crippen LogP contribution in [0.2, 0.25) is 0 Å². The van der Waals surface area contributed by atoms with Crippen LogP contribution >= 0.6 is 0 Å². The molecule has 0 radical (unpaired) electrons. The summed E-state index contributed by atoms with van der Waals surface area (Å²) in [6.07, 6.45) is 0.669. The van der Waals surface area contributed by atoms with Crippen molar-refractivity contribution in [2.75, 3.05) is 33.8 Å². The van der Waals surface area contributed by atoms with Crippen LogP contribution in [0.5, 0.6) is 5.75 Å². The maximum absolute atomic E-state index is 12.4. The number of hydrogen-bond acceptors (Lipinski definition) is 4. The number of ether oxygens (including phenoxy) is 1. The molecule has 1 aliphatic rings. The van der Waals surface area contributed by atoms with E-state index in [1.54, 1.807) is 37.3 Å². The number of carbonyl (C=O) groups excluding carboxylic acids is 1. The summed E-state index contributed by atoms with van der Waals surface area (Å²) < 4.78 is 31.4. The van der Waals surface area contributed by atoms with Crippen molar-refractivity contribution >= 4 is 33.1 Å². The third-order valence-electron chi connectivity index (χ3n) is 4.33. The Labute approximate surface area is 159 Å². The first-order valence-corrected chi connectivity index (χ1v) is 10.5. The number of hydrogen-bond donors (Lipinski definition) is 2. The van der Waals surface area contributed by atoms with Crippen LogP contribution in [0.1, 0.15) is 19.4 Å². The second-order valence-electron chi connectivity index (χ2n) is 6.07. The molecule has 2 aromatic rings. The van der Waals surface area contributed by atoms with E-state index in [1.807, 2.05) is 19.1 Å². The molecule has 1 aliphatic heterocycles. The third kappa shape index (κ3) is 4.16. The molecule has 2 amide bonds. The molecule has 0 saturated carbocycles. The van der Waals surface area contributed by atoms with E-state index in [9.17, 15) is 13.2 Å². The van der Waals surface area contributed by atoms with Gasteiger partial charge < -0.3 is 15.4 Å². The first-order valence-electron chi connectivity index (χ1n) is 8.87. The molecule has 0 saturated heterocycles. The van der Waals surface area contributed by atoms with Gasteiger partial charge in [0.2, 0.25) is 10.0 Å². The van der Waals surface area contributed by atoms with Crippen molar-refractivity contribution in [3.05, 3.63) is 48.0 Å². The van der Waals surface area contributed by atoms with E-state index in [2.05, 4.69) is 10.6 Å². The van der Waals surface area contributed by atoms with Crippen molar-refractivity contribution in [2.45, 2.75) is 20.3 Å². The van der Waals surface area contributed by atoms with Gasteiger partial charge in [-0.25, -0.2) is 13.2 Å². The lowest BCUT2D eigenvalue weighted by Gasteiger charge is -2.19. The van der Waals surface area contributed by atoms with E-state index in [0.29, 0.717) is 42.4 Å². The quantitative estimate of drug-likeness (QED) is 0.792. The Kier molecular flexibility index (Phi) is 5.55. The van der Waals surface area contributed by atoms with Gasteiger partial charge in [-0.3, -0.25) is 4.31 Å². The van der Waals surface area contributed by atoms with E-state index in [-0.39, 0.29) is 5.75 Å². The van der Waals surface area contributed by atoms with Crippen LogP contribution in [0.4, 0.5) is 21.9 Å². The zero-order chi connectivity index (χ0) is 19.4. The summed E-state index contributed by atoms with van der Waals surface area (Å²) in [5, 5.41) is 5.51. The predicted molar refractivity (Wildman–Crippen MR) is 107 cm³/mol. The van der Waals surface area contributed by atoms with Crippen LogP contribution < -0.4 is 19.7 Å². The molecule has 1 heterocycles. The van der Waals surface area contributed by atoms with Crippen LogP contribution in [0.15, 0.2) is 42.5 Å². The summed E-state index contributed by atoms with van der Waals surface area (Å²) in [6, 6.07) is 12.1. The van der Waals surface area contributed by atoms with Crippen molar-refractivity contribution < 1.29 is 17.9 Å². The highest BCUT2D eigenvalue weighted by Crippen LogP contribution is 2.33. The molecule has 7 nitrogen and oxygen atoms in total. The number of rotatable bonds is 6. The topological polar surface area (TPSA) is 87.7 Å². The zero-order valence-electron chi connectivity index (χ0n) is 15.4. The van der Waals surface area contributed by atoms with Gasteiger partial charge in [0.15, 0.2) is 0 Å². The minimum atomic E-state index is -3.33. The molecular weight excluding hydrogens is 366 g/mol. The summed E-state index contributed by atoms with van der Waals surface area (Å²) in [4.78, 5) is 12.4. The van der Waals surface area contributed by atoms with Gasteiger partial charge in [0.1, 0.15) is 5.75 Å². The summed E-state index contributed by atoms with van der Waals surface area (Å²) in [6.45, 7) is 4.42. The van der Waals surface area contributed by atoms with Crippen molar-refractivity contribution in [1.82, 2.24) is 0 Å². The van der Waals surface area contributed by atoms with Crippen LogP contribution in [-0.4, -0.2) is 33.4 Å². The van der Waals surface area contributed by atoms with E-state index in [1.165, 1.54) is 4.31 Å². The molecule has 0 atom stereocenters. The number of carbonyl (C=O) groups is 1. The summed E-state index contributed by atoms with van der Waals surface area (Å²) in [7, 11) is -3.33. The minimum Gasteiger partial charge on any atom is -0.492 e. The maximum atomic E-state index is 12.4. The maximum Gasteiger partial charge on any atom is 0.323 e. The molecule has 0 aliphatic carbocycles. The fourth-order valence-corrected chi connectivity index (χ4v) is 4.16.